The minimum Gasteiger partial charge on any atom is -0.490 e. The van der Waals surface area contributed by atoms with E-state index in [2.05, 4.69) is 9.88 Å². The lowest BCUT2D eigenvalue weighted by atomic mass is 9.92. The number of hydrogen-bond donors (Lipinski definition) is 0. The highest BCUT2D eigenvalue weighted by atomic mass is 32.2. The molecule has 4 heterocycles. The summed E-state index contributed by atoms with van der Waals surface area (Å²) < 4.78 is 61.1. The number of benzene rings is 2. The third-order valence-electron chi connectivity index (χ3n) is 8.03. The van der Waals surface area contributed by atoms with E-state index in [1.165, 1.54) is 12.1 Å². The predicted octanol–water partition coefficient (Wildman–Crippen LogP) is 4.38. The lowest BCUT2D eigenvalue weighted by Gasteiger charge is -2.46. The van der Waals surface area contributed by atoms with Crippen LogP contribution in [0.3, 0.4) is 0 Å². The van der Waals surface area contributed by atoms with Crippen molar-refractivity contribution in [1.29, 1.82) is 0 Å². The molecule has 0 aliphatic carbocycles. The summed E-state index contributed by atoms with van der Waals surface area (Å²) in [6, 6.07) is 11.7. The second-order valence-electron chi connectivity index (χ2n) is 10.8. The van der Waals surface area contributed by atoms with Crippen molar-refractivity contribution in [1.82, 2.24) is 9.29 Å². The highest BCUT2D eigenvalue weighted by Crippen LogP contribution is 2.38. The SMILES string of the molecule is CC1CN(S(=O)(=O)c2ccc(N3CCC(Oc4cccc(F)c4)CC3)c3cnccc23)CC2(CCOCC2)O1. The molecule has 3 aliphatic heterocycles. The average Bonchev–Trinajstić information content (AvgIpc) is 2.93. The number of pyridine rings is 1. The van der Waals surface area contributed by atoms with E-state index in [0.717, 1.165) is 37.0 Å². The van der Waals surface area contributed by atoms with Crippen LogP contribution in [0.2, 0.25) is 0 Å². The third-order valence-corrected chi connectivity index (χ3v) is 9.90. The summed E-state index contributed by atoms with van der Waals surface area (Å²) in [4.78, 5) is 6.88. The lowest BCUT2D eigenvalue weighted by Crippen LogP contribution is -2.58. The number of halogens is 1. The molecule has 3 fully saturated rings. The quantitative estimate of drug-likeness (QED) is 0.462. The predicted molar refractivity (Wildman–Crippen MR) is 146 cm³/mol. The first-order valence-corrected chi connectivity index (χ1v) is 15.1. The zero-order valence-corrected chi connectivity index (χ0v) is 22.9. The normalized spacial score (nSPS) is 22.8. The van der Waals surface area contributed by atoms with E-state index in [4.69, 9.17) is 14.2 Å². The molecule has 10 heteroatoms. The summed E-state index contributed by atoms with van der Waals surface area (Å²) in [5.41, 5.74) is 0.454. The van der Waals surface area contributed by atoms with E-state index in [9.17, 15) is 12.8 Å². The molecule has 0 N–H and O–H groups in total. The summed E-state index contributed by atoms with van der Waals surface area (Å²) in [5.74, 6) is 0.228. The molecule has 1 spiro atoms. The molecule has 0 saturated carbocycles. The van der Waals surface area contributed by atoms with Gasteiger partial charge in [0.05, 0.1) is 16.6 Å². The number of rotatable bonds is 5. The molecule has 0 amide bonds. The van der Waals surface area contributed by atoms with E-state index >= 15 is 0 Å². The molecular formula is C29H34FN3O5S. The van der Waals surface area contributed by atoms with Crippen molar-refractivity contribution >= 4 is 26.5 Å². The standard InChI is InChI=1S/C29H34FN3O5S/c1-21-19-33(20-29(38-21)10-15-36-16-11-29)39(34,35)28-6-5-27(26-18-31-12-7-25(26)28)32-13-8-23(9-14-32)37-24-4-2-3-22(30)17-24/h2-7,12,17-18,21,23H,8-11,13-16,19-20H2,1H3. The molecule has 0 radical (unpaired) electrons. The Morgan fingerprint density at radius 3 is 2.64 bits per heavy atom. The molecule has 3 aliphatic rings. The van der Waals surface area contributed by atoms with Gasteiger partial charge in [-0.15, -0.1) is 0 Å². The van der Waals surface area contributed by atoms with Gasteiger partial charge in [0.1, 0.15) is 17.7 Å². The molecule has 1 aromatic heterocycles. The number of sulfonamides is 1. The molecule has 6 rings (SSSR count). The van der Waals surface area contributed by atoms with Crippen molar-refractivity contribution in [2.45, 2.75) is 55.3 Å². The maximum atomic E-state index is 14.1. The molecule has 3 aromatic rings. The Morgan fingerprint density at radius 2 is 1.87 bits per heavy atom. The molecule has 3 saturated heterocycles. The van der Waals surface area contributed by atoms with Crippen molar-refractivity contribution in [2.75, 3.05) is 44.3 Å². The van der Waals surface area contributed by atoms with Crippen molar-refractivity contribution in [3.05, 3.63) is 60.7 Å². The fraction of sp³-hybridized carbons (Fsp3) is 0.483. The highest BCUT2D eigenvalue weighted by molar-refractivity contribution is 7.89. The van der Waals surface area contributed by atoms with Crippen molar-refractivity contribution in [3.8, 4) is 5.75 Å². The second kappa shape index (κ2) is 10.6. The van der Waals surface area contributed by atoms with Crippen molar-refractivity contribution in [3.63, 3.8) is 0 Å². The summed E-state index contributed by atoms with van der Waals surface area (Å²) >= 11 is 0. The van der Waals surface area contributed by atoms with Gasteiger partial charge in [-0.05, 0) is 37.3 Å². The maximum Gasteiger partial charge on any atom is 0.243 e. The topological polar surface area (TPSA) is 81.2 Å². The molecular weight excluding hydrogens is 521 g/mol. The Bertz CT molecular complexity index is 1440. The van der Waals surface area contributed by atoms with Gasteiger partial charge in [0, 0.05) is 100.0 Å². The third kappa shape index (κ3) is 5.35. The number of anilines is 1. The van der Waals surface area contributed by atoms with Gasteiger partial charge in [-0.2, -0.15) is 4.31 Å². The first-order valence-electron chi connectivity index (χ1n) is 13.6. The fourth-order valence-corrected chi connectivity index (χ4v) is 7.90. The summed E-state index contributed by atoms with van der Waals surface area (Å²) in [7, 11) is -3.78. The zero-order valence-electron chi connectivity index (χ0n) is 22.1. The monoisotopic (exact) mass is 555 g/mol. The highest BCUT2D eigenvalue weighted by Gasteiger charge is 2.45. The average molecular weight is 556 g/mol. The van der Waals surface area contributed by atoms with Crippen LogP contribution in [0, 0.1) is 5.82 Å². The van der Waals surface area contributed by atoms with Gasteiger partial charge in [-0.25, -0.2) is 12.8 Å². The smallest absolute Gasteiger partial charge is 0.243 e. The van der Waals surface area contributed by atoms with Crippen LogP contribution in [0.15, 0.2) is 59.8 Å². The van der Waals surface area contributed by atoms with E-state index < -0.39 is 15.6 Å². The van der Waals surface area contributed by atoms with Crippen LogP contribution in [0.1, 0.15) is 32.6 Å². The van der Waals surface area contributed by atoms with Crippen molar-refractivity contribution in [2.24, 2.45) is 0 Å². The molecule has 1 atom stereocenters. The Labute approximate surface area is 228 Å². The number of hydrogen-bond acceptors (Lipinski definition) is 7. The molecule has 8 nitrogen and oxygen atoms in total. The van der Waals surface area contributed by atoms with E-state index in [1.807, 2.05) is 13.0 Å². The zero-order chi connectivity index (χ0) is 27.0. The van der Waals surface area contributed by atoms with Crippen LogP contribution in [0.5, 0.6) is 5.75 Å². The molecule has 39 heavy (non-hydrogen) atoms. The first kappa shape index (κ1) is 26.4. The fourth-order valence-electron chi connectivity index (χ4n) is 6.11. The van der Waals surface area contributed by atoms with Gasteiger partial charge in [0.15, 0.2) is 0 Å². The van der Waals surface area contributed by atoms with E-state index in [-0.39, 0.29) is 18.0 Å². The molecule has 1 unspecified atom stereocenters. The largest absolute Gasteiger partial charge is 0.490 e. The van der Waals surface area contributed by atoms with Gasteiger partial charge in [-0.1, -0.05) is 6.07 Å². The number of nitrogens with zero attached hydrogens (tertiary/aromatic N) is 3. The molecule has 2 aromatic carbocycles. The van der Waals surface area contributed by atoms with Crippen LogP contribution in [0.25, 0.3) is 10.8 Å². The molecule has 0 bridgehead atoms. The Balaban J connectivity index is 1.24. The first-order chi connectivity index (χ1) is 18.8. The summed E-state index contributed by atoms with van der Waals surface area (Å²) in [6.07, 6.45) is 6.11. The number of fused-ring (bicyclic) bond motifs is 1. The number of ether oxygens (including phenoxy) is 3. The molecule has 208 valence electrons. The van der Waals surface area contributed by atoms with E-state index in [0.29, 0.717) is 55.2 Å². The number of morpholine rings is 1. The van der Waals surface area contributed by atoms with Crippen molar-refractivity contribution < 1.29 is 27.0 Å². The minimum atomic E-state index is -3.78. The Kier molecular flexibility index (Phi) is 7.22. The van der Waals surface area contributed by atoms with Gasteiger partial charge < -0.3 is 19.1 Å². The van der Waals surface area contributed by atoms with Gasteiger partial charge in [0.2, 0.25) is 10.0 Å². The van der Waals surface area contributed by atoms with Gasteiger partial charge in [-0.3, -0.25) is 4.98 Å². The van der Waals surface area contributed by atoms with Crippen LogP contribution in [0.4, 0.5) is 10.1 Å². The number of piperidine rings is 1. The number of aromatic nitrogens is 1. The van der Waals surface area contributed by atoms with Gasteiger partial charge in [0.25, 0.3) is 0 Å². The Morgan fingerprint density at radius 1 is 1.08 bits per heavy atom. The van der Waals surface area contributed by atoms with Crippen LogP contribution in [-0.4, -0.2) is 74.9 Å². The maximum absolute atomic E-state index is 14.1. The lowest BCUT2D eigenvalue weighted by molar-refractivity contribution is -0.170. The van der Waals surface area contributed by atoms with Gasteiger partial charge >= 0.3 is 0 Å². The second-order valence-corrected chi connectivity index (χ2v) is 12.7. The summed E-state index contributed by atoms with van der Waals surface area (Å²) in [6.45, 7) is 5.21. The van der Waals surface area contributed by atoms with Crippen LogP contribution < -0.4 is 9.64 Å². The minimum absolute atomic E-state index is 0.00657. The Hall–Kier alpha value is -2.79. The summed E-state index contributed by atoms with van der Waals surface area (Å²) in [5, 5.41) is 1.48. The van der Waals surface area contributed by atoms with Crippen LogP contribution in [-0.2, 0) is 19.5 Å². The van der Waals surface area contributed by atoms with E-state index in [1.54, 1.807) is 41.0 Å². The van der Waals surface area contributed by atoms with Crippen LogP contribution >= 0.6 is 0 Å².